The second-order valence-corrected chi connectivity index (χ2v) is 11.7. The summed E-state index contributed by atoms with van der Waals surface area (Å²) < 4.78 is 15.7. The first-order valence-electron chi connectivity index (χ1n) is 15.3. The number of unbranched alkanes of at least 4 members (excludes halogenated alkanes) is 1. The summed E-state index contributed by atoms with van der Waals surface area (Å²) in [6.45, 7) is 6.70. The first-order valence-corrected chi connectivity index (χ1v) is 15.3. The fraction of sp³-hybridized carbons (Fsp3) is 0.455. The Morgan fingerprint density at radius 3 is 1.83 bits per heavy atom. The number of benzene rings is 2. The van der Waals surface area contributed by atoms with Crippen molar-refractivity contribution in [3.8, 4) is 0 Å². The molecule has 14 nitrogen and oxygen atoms in total. The molecular formula is C33H45N5O9. The number of amides is 5. The molecule has 6 N–H and O–H groups in total. The number of carbonyl (C=O) groups excluding carboxylic acids is 6. The molecule has 0 radical (unpaired) electrons. The molecule has 2 aromatic rings. The Balaban J connectivity index is 1.96. The highest BCUT2D eigenvalue weighted by Gasteiger charge is 2.30. The summed E-state index contributed by atoms with van der Waals surface area (Å²) in [5.41, 5.74) is 6.07. The number of esters is 1. The molecule has 14 heteroatoms. The lowest BCUT2D eigenvalue weighted by atomic mass is 10.1. The van der Waals surface area contributed by atoms with E-state index in [2.05, 4.69) is 21.3 Å². The topological polar surface area (TPSA) is 204 Å². The molecule has 0 fully saturated rings. The number of hydrogen-bond acceptors (Lipinski definition) is 9. The van der Waals surface area contributed by atoms with Crippen LogP contribution in [0.4, 0.5) is 9.59 Å². The average molecular weight is 656 g/mol. The van der Waals surface area contributed by atoms with E-state index in [1.54, 1.807) is 45.0 Å². The zero-order valence-corrected chi connectivity index (χ0v) is 27.2. The summed E-state index contributed by atoms with van der Waals surface area (Å²) in [5.74, 6) is -3.25. The van der Waals surface area contributed by atoms with Gasteiger partial charge in [-0.05, 0) is 58.1 Å². The lowest BCUT2D eigenvalue weighted by Gasteiger charge is -2.25. The van der Waals surface area contributed by atoms with Gasteiger partial charge in [0, 0.05) is 6.54 Å². The molecular weight excluding hydrogens is 610 g/mol. The molecule has 0 saturated heterocycles. The van der Waals surface area contributed by atoms with Crippen molar-refractivity contribution in [3.05, 3.63) is 71.8 Å². The highest BCUT2D eigenvalue weighted by molar-refractivity contribution is 5.95. The van der Waals surface area contributed by atoms with Gasteiger partial charge in [-0.25, -0.2) is 14.4 Å². The van der Waals surface area contributed by atoms with E-state index in [1.807, 2.05) is 36.4 Å². The van der Waals surface area contributed by atoms with Crippen molar-refractivity contribution in [2.45, 2.75) is 90.3 Å². The molecule has 0 aliphatic carbocycles. The van der Waals surface area contributed by atoms with E-state index >= 15 is 0 Å². The normalized spacial score (nSPS) is 12.8. The number of ether oxygens (including phenoxy) is 3. The standard InChI is InChI=1S/C33H45N5O9/c1-22(30(42)45-20-23-13-7-5-8-14-23)36-29(41)26(19-27(34)39)37-28(40)25(38-32(44)47-33(2,3)4)17-11-12-18-35-31(43)46-21-24-15-9-6-10-16-24/h5-10,13-16,22,25-26H,11-12,17-21H2,1-4H3,(H2,34,39)(H,35,43)(H,36,41)(H,37,40)(H,38,44)/t22-,25-,26-/m0/s1. The smallest absolute Gasteiger partial charge is 0.408 e. The predicted octanol–water partition coefficient (Wildman–Crippen LogP) is 2.58. The van der Waals surface area contributed by atoms with Gasteiger partial charge in [0.2, 0.25) is 17.7 Å². The Hall–Kier alpha value is -5.14. The van der Waals surface area contributed by atoms with Crippen molar-refractivity contribution in [2.24, 2.45) is 5.73 Å². The Labute approximate surface area is 274 Å². The Bertz CT molecular complexity index is 1330. The highest BCUT2D eigenvalue weighted by Crippen LogP contribution is 2.10. The van der Waals surface area contributed by atoms with Crippen molar-refractivity contribution in [3.63, 3.8) is 0 Å². The van der Waals surface area contributed by atoms with Gasteiger partial charge in [0.05, 0.1) is 6.42 Å². The SMILES string of the molecule is C[C@H](NC(=O)[C@H](CC(N)=O)NC(=O)[C@H](CCCCNC(=O)OCc1ccccc1)NC(=O)OC(C)(C)C)C(=O)OCc1ccccc1. The minimum absolute atomic E-state index is 0.0102. The Kier molecular flexibility index (Phi) is 15.7. The van der Waals surface area contributed by atoms with Crippen LogP contribution in [-0.4, -0.2) is 66.1 Å². The monoisotopic (exact) mass is 655 g/mol. The van der Waals surface area contributed by atoms with E-state index in [-0.39, 0.29) is 26.2 Å². The summed E-state index contributed by atoms with van der Waals surface area (Å²) in [4.78, 5) is 75.1. The minimum Gasteiger partial charge on any atom is -0.459 e. The molecule has 0 spiro atoms. The Morgan fingerprint density at radius 1 is 0.723 bits per heavy atom. The third-order valence-corrected chi connectivity index (χ3v) is 6.38. The fourth-order valence-corrected chi connectivity index (χ4v) is 4.07. The quantitative estimate of drug-likeness (QED) is 0.0964. The van der Waals surface area contributed by atoms with Gasteiger partial charge in [-0.15, -0.1) is 0 Å². The van der Waals surface area contributed by atoms with Gasteiger partial charge in [0.1, 0.15) is 36.9 Å². The first-order chi connectivity index (χ1) is 22.2. The number of hydrogen-bond donors (Lipinski definition) is 5. The average Bonchev–Trinajstić information content (AvgIpc) is 3.01. The summed E-state index contributed by atoms with van der Waals surface area (Å²) in [7, 11) is 0. The maximum atomic E-state index is 13.3. The van der Waals surface area contributed by atoms with E-state index in [1.165, 1.54) is 6.92 Å². The van der Waals surface area contributed by atoms with Crippen molar-refractivity contribution in [2.75, 3.05) is 6.54 Å². The van der Waals surface area contributed by atoms with Gasteiger partial charge < -0.3 is 41.2 Å². The number of primary amides is 1. The molecule has 0 unspecified atom stereocenters. The highest BCUT2D eigenvalue weighted by atomic mass is 16.6. The molecule has 0 bridgehead atoms. The summed E-state index contributed by atoms with van der Waals surface area (Å²) >= 11 is 0. The van der Waals surface area contributed by atoms with Gasteiger partial charge in [0.25, 0.3) is 0 Å². The van der Waals surface area contributed by atoms with Crippen LogP contribution in [0.5, 0.6) is 0 Å². The van der Waals surface area contributed by atoms with Crippen LogP contribution in [0.25, 0.3) is 0 Å². The molecule has 0 aliphatic rings. The van der Waals surface area contributed by atoms with E-state index in [0.29, 0.717) is 12.8 Å². The molecule has 0 saturated carbocycles. The van der Waals surface area contributed by atoms with E-state index < -0.39 is 66.0 Å². The molecule has 2 aromatic carbocycles. The van der Waals surface area contributed by atoms with Gasteiger partial charge in [-0.1, -0.05) is 60.7 Å². The van der Waals surface area contributed by atoms with Gasteiger partial charge in [0.15, 0.2) is 0 Å². The number of nitrogens with two attached hydrogens (primary N) is 1. The van der Waals surface area contributed by atoms with Crippen molar-refractivity contribution in [1.29, 1.82) is 0 Å². The van der Waals surface area contributed by atoms with Gasteiger partial charge >= 0.3 is 18.2 Å². The molecule has 3 atom stereocenters. The van der Waals surface area contributed by atoms with Gasteiger partial charge in [-0.3, -0.25) is 14.4 Å². The zero-order chi connectivity index (χ0) is 34.8. The second kappa shape index (κ2) is 19.4. The van der Waals surface area contributed by atoms with E-state index in [9.17, 15) is 28.8 Å². The van der Waals surface area contributed by atoms with E-state index in [4.69, 9.17) is 19.9 Å². The first kappa shape index (κ1) is 38.0. The third kappa shape index (κ3) is 16.1. The summed E-state index contributed by atoms with van der Waals surface area (Å²) in [5, 5.41) is 9.99. The van der Waals surface area contributed by atoms with Crippen LogP contribution in [0.3, 0.4) is 0 Å². The molecule has 47 heavy (non-hydrogen) atoms. The third-order valence-electron chi connectivity index (χ3n) is 6.38. The van der Waals surface area contributed by atoms with Crippen LogP contribution in [0.2, 0.25) is 0 Å². The minimum atomic E-state index is -1.45. The summed E-state index contributed by atoms with van der Waals surface area (Å²) in [6, 6.07) is 14.4. The predicted molar refractivity (Wildman–Crippen MR) is 171 cm³/mol. The van der Waals surface area contributed by atoms with Crippen molar-refractivity contribution in [1.82, 2.24) is 21.3 Å². The number of carbonyl (C=O) groups is 6. The zero-order valence-electron chi connectivity index (χ0n) is 27.2. The Morgan fingerprint density at radius 2 is 1.28 bits per heavy atom. The van der Waals surface area contributed by atoms with Gasteiger partial charge in [-0.2, -0.15) is 0 Å². The summed E-state index contributed by atoms with van der Waals surface area (Å²) in [6.07, 6.45) is -1.16. The van der Waals surface area contributed by atoms with Crippen LogP contribution in [0.15, 0.2) is 60.7 Å². The number of rotatable bonds is 17. The maximum absolute atomic E-state index is 13.3. The molecule has 0 aromatic heterocycles. The molecule has 256 valence electrons. The molecule has 0 heterocycles. The van der Waals surface area contributed by atoms with E-state index in [0.717, 1.165) is 11.1 Å². The molecule has 2 rings (SSSR count). The lowest BCUT2D eigenvalue weighted by molar-refractivity contribution is -0.148. The maximum Gasteiger partial charge on any atom is 0.408 e. The fourth-order valence-electron chi connectivity index (χ4n) is 4.07. The van der Waals surface area contributed by atoms with Crippen molar-refractivity contribution < 1.29 is 43.0 Å². The molecule has 5 amide bonds. The van der Waals surface area contributed by atoms with Crippen LogP contribution < -0.4 is 27.0 Å². The van der Waals surface area contributed by atoms with Crippen LogP contribution in [-0.2, 0) is 46.6 Å². The van der Waals surface area contributed by atoms with Crippen LogP contribution in [0.1, 0.15) is 64.5 Å². The number of nitrogens with one attached hydrogen (secondary N) is 4. The van der Waals surface area contributed by atoms with Crippen molar-refractivity contribution >= 4 is 35.9 Å². The lowest BCUT2D eigenvalue weighted by Crippen LogP contribution is -2.56. The van der Waals surface area contributed by atoms with Crippen LogP contribution >= 0.6 is 0 Å². The second-order valence-electron chi connectivity index (χ2n) is 11.7. The number of alkyl carbamates (subject to hydrolysis) is 2. The van der Waals surface area contributed by atoms with Crippen LogP contribution in [0, 0.1) is 0 Å². The molecule has 0 aliphatic heterocycles. The largest absolute Gasteiger partial charge is 0.459 e.